The van der Waals surface area contributed by atoms with Gasteiger partial charge in [0.05, 0.1) is 0 Å². The maximum absolute atomic E-state index is 12.0. The lowest BCUT2D eigenvalue weighted by Gasteiger charge is -2.37. The average molecular weight is 337 g/mol. The fourth-order valence-corrected chi connectivity index (χ4v) is 3.20. The van der Waals surface area contributed by atoms with E-state index in [0.717, 1.165) is 18.4 Å². The zero-order valence-corrected chi connectivity index (χ0v) is 14.3. The molecule has 0 saturated heterocycles. The van der Waals surface area contributed by atoms with Crippen molar-refractivity contribution in [3.05, 3.63) is 59.7 Å². The van der Waals surface area contributed by atoms with Crippen molar-refractivity contribution >= 4 is 23.2 Å². The highest BCUT2D eigenvalue weighted by atomic mass is 16.2. The molecule has 5 nitrogen and oxygen atoms in total. The van der Waals surface area contributed by atoms with E-state index in [2.05, 4.69) is 22.8 Å². The molecule has 0 radical (unpaired) electrons. The smallest absolute Gasteiger partial charge is 0.313 e. The van der Waals surface area contributed by atoms with Gasteiger partial charge in [0.2, 0.25) is 0 Å². The molecule has 2 atom stereocenters. The van der Waals surface area contributed by atoms with Crippen molar-refractivity contribution in [2.45, 2.75) is 25.7 Å². The Morgan fingerprint density at radius 3 is 2.48 bits per heavy atom. The number of anilines is 2. The lowest BCUT2D eigenvalue weighted by atomic mass is 9.70. The Morgan fingerprint density at radius 2 is 1.84 bits per heavy atom. The first-order valence-electron chi connectivity index (χ1n) is 8.55. The zero-order chi connectivity index (χ0) is 17.8. The first-order chi connectivity index (χ1) is 12.0. The van der Waals surface area contributed by atoms with E-state index in [9.17, 15) is 9.59 Å². The highest BCUT2D eigenvalue weighted by Gasteiger charge is 2.32. The summed E-state index contributed by atoms with van der Waals surface area (Å²) < 4.78 is 0. The summed E-state index contributed by atoms with van der Waals surface area (Å²) >= 11 is 0. The summed E-state index contributed by atoms with van der Waals surface area (Å²) in [7, 11) is 0. The molecule has 1 saturated carbocycles. The summed E-state index contributed by atoms with van der Waals surface area (Å²) in [5, 5.41) is 5.36. The molecule has 0 bridgehead atoms. The molecule has 0 aromatic heterocycles. The molecule has 1 aliphatic rings. The van der Waals surface area contributed by atoms with Gasteiger partial charge >= 0.3 is 11.8 Å². The minimum atomic E-state index is -0.653. The summed E-state index contributed by atoms with van der Waals surface area (Å²) in [6, 6.07) is 15.5. The van der Waals surface area contributed by atoms with Crippen LogP contribution in [0.5, 0.6) is 0 Å². The van der Waals surface area contributed by atoms with Crippen molar-refractivity contribution in [3.8, 4) is 0 Å². The van der Waals surface area contributed by atoms with Gasteiger partial charge in [0.15, 0.2) is 0 Å². The van der Waals surface area contributed by atoms with Crippen LogP contribution in [0.25, 0.3) is 0 Å². The Balaban J connectivity index is 1.50. The van der Waals surface area contributed by atoms with Crippen molar-refractivity contribution < 1.29 is 9.59 Å². The van der Waals surface area contributed by atoms with Gasteiger partial charge in [0, 0.05) is 17.9 Å². The van der Waals surface area contributed by atoms with Crippen LogP contribution in [-0.2, 0) is 9.59 Å². The highest BCUT2D eigenvalue weighted by molar-refractivity contribution is 6.39. The van der Waals surface area contributed by atoms with E-state index in [1.807, 2.05) is 25.1 Å². The second-order valence-corrected chi connectivity index (χ2v) is 6.59. The Kier molecular flexibility index (Phi) is 5.03. The fraction of sp³-hybridized carbons (Fsp3) is 0.300. The van der Waals surface area contributed by atoms with Gasteiger partial charge < -0.3 is 16.4 Å². The number of aryl methyl sites for hydroxylation is 1. The fourth-order valence-electron chi connectivity index (χ4n) is 3.20. The summed E-state index contributed by atoms with van der Waals surface area (Å²) in [5.74, 6) is -0.407. The van der Waals surface area contributed by atoms with Crippen LogP contribution in [0.15, 0.2) is 48.5 Å². The molecule has 2 unspecified atom stereocenters. The van der Waals surface area contributed by atoms with Crippen LogP contribution in [0.3, 0.4) is 0 Å². The molecule has 1 fully saturated rings. The van der Waals surface area contributed by atoms with Crippen LogP contribution in [0, 0.1) is 12.8 Å². The van der Waals surface area contributed by atoms with Gasteiger partial charge in [-0.3, -0.25) is 9.59 Å². The van der Waals surface area contributed by atoms with Gasteiger partial charge in [0.1, 0.15) is 0 Å². The van der Waals surface area contributed by atoms with Gasteiger partial charge in [-0.2, -0.15) is 0 Å². The first kappa shape index (κ1) is 17.0. The maximum Gasteiger partial charge on any atom is 0.313 e. The predicted octanol–water partition coefficient (Wildman–Crippen LogP) is 2.83. The van der Waals surface area contributed by atoms with E-state index in [1.54, 1.807) is 18.2 Å². The number of nitrogen functional groups attached to an aromatic ring is 1. The summed E-state index contributed by atoms with van der Waals surface area (Å²) in [5.41, 5.74) is 9.13. The first-order valence-corrected chi connectivity index (χ1v) is 8.55. The van der Waals surface area contributed by atoms with Crippen LogP contribution >= 0.6 is 0 Å². The van der Waals surface area contributed by atoms with Gasteiger partial charge in [0.25, 0.3) is 0 Å². The molecule has 2 aromatic rings. The molecule has 25 heavy (non-hydrogen) atoms. The molecule has 3 rings (SSSR count). The van der Waals surface area contributed by atoms with Gasteiger partial charge in [-0.25, -0.2) is 0 Å². The van der Waals surface area contributed by atoms with Crippen molar-refractivity contribution in [1.82, 2.24) is 5.32 Å². The highest BCUT2D eigenvalue weighted by Crippen LogP contribution is 2.41. The minimum absolute atomic E-state index is 0.387. The van der Waals surface area contributed by atoms with Crippen molar-refractivity contribution in [3.63, 3.8) is 0 Å². The predicted molar refractivity (Wildman–Crippen MR) is 99.1 cm³/mol. The summed E-state index contributed by atoms with van der Waals surface area (Å²) in [4.78, 5) is 24.1. The monoisotopic (exact) mass is 337 g/mol. The van der Waals surface area contributed by atoms with Gasteiger partial charge in [-0.1, -0.05) is 30.3 Å². The third kappa shape index (κ3) is 3.99. The average Bonchev–Trinajstić information content (AvgIpc) is 2.58. The standard InChI is InChI=1S/C20H23N3O2/c1-13-11-16(8-10-18(13)21)23-20(25)19(24)22-12-15-7-9-17(15)14-5-3-2-4-6-14/h2-6,8,10-11,15,17H,7,9,12,21H2,1H3,(H,22,24)(H,23,25). The molecule has 130 valence electrons. The molecule has 2 amide bonds. The van der Waals surface area contributed by atoms with E-state index < -0.39 is 11.8 Å². The van der Waals surface area contributed by atoms with Crippen LogP contribution in [0.4, 0.5) is 11.4 Å². The van der Waals surface area contributed by atoms with E-state index >= 15 is 0 Å². The van der Waals surface area contributed by atoms with E-state index in [0.29, 0.717) is 29.8 Å². The van der Waals surface area contributed by atoms with Gasteiger partial charge in [-0.05, 0) is 60.9 Å². The number of rotatable bonds is 4. The van der Waals surface area contributed by atoms with Gasteiger partial charge in [-0.15, -0.1) is 0 Å². The number of carbonyl (C=O) groups excluding carboxylic acids is 2. The van der Waals surface area contributed by atoms with Crippen LogP contribution < -0.4 is 16.4 Å². The van der Waals surface area contributed by atoms with Crippen molar-refractivity contribution in [2.75, 3.05) is 17.6 Å². The Hall–Kier alpha value is -2.82. The lowest BCUT2D eigenvalue weighted by Crippen LogP contribution is -2.41. The molecule has 0 spiro atoms. The van der Waals surface area contributed by atoms with Crippen molar-refractivity contribution in [2.24, 2.45) is 5.92 Å². The molecular weight excluding hydrogens is 314 g/mol. The minimum Gasteiger partial charge on any atom is -0.399 e. The number of hydrogen-bond donors (Lipinski definition) is 3. The number of nitrogens with two attached hydrogens (primary N) is 1. The Morgan fingerprint density at radius 1 is 1.08 bits per heavy atom. The molecular formula is C20H23N3O2. The number of nitrogens with one attached hydrogen (secondary N) is 2. The third-order valence-corrected chi connectivity index (χ3v) is 4.90. The normalized spacial score (nSPS) is 18.9. The Bertz CT molecular complexity index is 774. The summed E-state index contributed by atoms with van der Waals surface area (Å²) in [6.45, 7) is 2.37. The van der Waals surface area contributed by atoms with Crippen LogP contribution in [-0.4, -0.2) is 18.4 Å². The lowest BCUT2D eigenvalue weighted by molar-refractivity contribution is -0.136. The molecule has 5 heteroatoms. The molecule has 4 N–H and O–H groups in total. The molecule has 1 aliphatic carbocycles. The number of benzene rings is 2. The molecule has 0 heterocycles. The maximum atomic E-state index is 12.0. The Labute approximate surface area is 147 Å². The quantitative estimate of drug-likeness (QED) is 0.592. The van der Waals surface area contributed by atoms with Crippen LogP contribution in [0.2, 0.25) is 0 Å². The van der Waals surface area contributed by atoms with E-state index in [-0.39, 0.29) is 0 Å². The van der Waals surface area contributed by atoms with E-state index in [1.165, 1.54) is 5.56 Å². The van der Waals surface area contributed by atoms with Crippen LogP contribution in [0.1, 0.15) is 29.9 Å². The molecule has 2 aromatic carbocycles. The topological polar surface area (TPSA) is 84.2 Å². The second kappa shape index (κ2) is 7.38. The number of carbonyl (C=O) groups is 2. The SMILES string of the molecule is Cc1cc(NC(=O)C(=O)NCC2CCC2c2ccccc2)ccc1N. The summed E-state index contributed by atoms with van der Waals surface area (Å²) in [6.07, 6.45) is 2.19. The molecule has 0 aliphatic heterocycles. The number of amides is 2. The van der Waals surface area contributed by atoms with E-state index in [4.69, 9.17) is 5.73 Å². The number of hydrogen-bond acceptors (Lipinski definition) is 3. The third-order valence-electron chi connectivity index (χ3n) is 4.90. The van der Waals surface area contributed by atoms with Crippen molar-refractivity contribution in [1.29, 1.82) is 0 Å². The largest absolute Gasteiger partial charge is 0.399 e. The second-order valence-electron chi connectivity index (χ2n) is 6.59. The zero-order valence-electron chi connectivity index (χ0n) is 14.3.